The van der Waals surface area contributed by atoms with Crippen molar-refractivity contribution in [3.8, 4) is 5.75 Å². The van der Waals surface area contributed by atoms with E-state index in [1.165, 1.54) is 12.8 Å². The van der Waals surface area contributed by atoms with Gasteiger partial charge in [-0.25, -0.2) is 0 Å². The summed E-state index contributed by atoms with van der Waals surface area (Å²) in [5.41, 5.74) is 0.571. The lowest BCUT2D eigenvalue weighted by molar-refractivity contribution is -0.161. The summed E-state index contributed by atoms with van der Waals surface area (Å²) in [4.78, 5) is 31.5. The Hall–Kier alpha value is -2.08. The van der Waals surface area contributed by atoms with Crippen LogP contribution in [0.1, 0.15) is 32.3 Å². The van der Waals surface area contributed by atoms with E-state index in [2.05, 4.69) is 11.8 Å². The maximum absolute atomic E-state index is 13.5. The van der Waals surface area contributed by atoms with Crippen LogP contribution in [0.25, 0.3) is 0 Å². The molecule has 2 fully saturated rings. The second-order valence-electron chi connectivity index (χ2n) is 8.17. The fourth-order valence-electron chi connectivity index (χ4n) is 4.29. The molecule has 2 heterocycles. The van der Waals surface area contributed by atoms with Crippen molar-refractivity contribution in [1.29, 1.82) is 0 Å². The monoisotopic (exact) mass is 387 g/mol. The molecule has 154 valence electrons. The van der Waals surface area contributed by atoms with Crippen LogP contribution in [0.2, 0.25) is 0 Å². The number of carbonyl (C=O) groups is 2. The topological polar surface area (TPSA) is 53.1 Å². The third-order valence-electron chi connectivity index (χ3n) is 6.05. The molecule has 1 aromatic rings. The number of methoxy groups -OCH3 is 1. The molecule has 0 bridgehead atoms. The van der Waals surface area contributed by atoms with Gasteiger partial charge in [0.25, 0.3) is 0 Å². The highest BCUT2D eigenvalue weighted by atomic mass is 16.5. The first-order chi connectivity index (χ1) is 13.5. The van der Waals surface area contributed by atoms with Gasteiger partial charge in [-0.1, -0.05) is 25.5 Å². The van der Waals surface area contributed by atoms with Gasteiger partial charge in [0.15, 0.2) is 0 Å². The minimum Gasteiger partial charge on any atom is -0.497 e. The highest BCUT2D eigenvalue weighted by Crippen LogP contribution is 2.37. The third-order valence-corrected chi connectivity index (χ3v) is 6.05. The lowest BCUT2D eigenvalue weighted by atomic mass is 9.73. The van der Waals surface area contributed by atoms with E-state index in [1.54, 1.807) is 18.9 Å². The van der Waals surface area contributed by atoms with E-state index in [1.807, 2.05) is 29.2 Å². The number of amides is 2. The average Bonchev–Trinajstić information content (AvgIpc) is 2.68. The Balaban J connectivity index is 1.69. The summed E-state index contributed by atoms with van der Waals surface area (Å²) in [6.07, 6.45) is 3.05. The molecule has 0 unspecified atom stereocenters. The number of benzene rings is 1. The van der Waals surface area contributed by atoms with Crippen LogP contribution in [0.15, 0.2) is 24.3 Å². The summed E-state index contributed by atoms with van der Waals surface area (Å²) >= 11 is 0. The molecule has 3 rings (SSSR count). The molecule has 0 N–H and O–H groups in total. The second kappa shape index (κ2) is 8.95. The maximum atomic E-state index is 13.5. The summed E-state index contributed by atoms with van der Waals surface area (Å²) in [5, 5.41) is 0. The Morgan fingerprint density at radius 3 is 2.43 bits per heavy atom. The Kier molecular flexibility index (Phi) is 6.60. The number of carbonyl (C=O) groups excluding carboxylic acids is 2. The van der Waals surface area contributed by atoms with Crippen molar-refractivity contribution >= 4 is 11.8 Å². The predicted molar refractivity (Wildman–Crippen MR) is 109 cm³/mol. The van der Waals surface area contributed by atoms with E-state index in [4.69, 9.17) is 4.74 Å². The number of nitrogens with zero attached hydrogens (tertiary/aromatic N) is 3. The highest BCUT2D eigenvalue weighted by Gasteiger charge is 2.52. The molecule has 28 heavy (non-hydrogen) atoms. The lowest BCUT2D eigenvalue weighted by Gasteiger charge is -2.51. The highest BCUT2D eigenvalue weighted by molar-refractivity contribution is 5.87. The molecule has 2 amide bonds. The van der Waals surface area contributed by atoms with E-state index < -0.39 is 5.41 Å². The third kappa shape index (κ3) is 4.49. The first-order valence-corrected chi connectivity index (χ1v) is 10.4. The van der Waals surface area contributed by atoms with Crippen LogP contribution >= 0.6 is 0 Å². The van der Waals surface area contributed by atoms with E-state index in [0.29, 0.717) is 19.5 Å². The fourth-order valence-corrected chi connectivity index (χ4v) is 4.29. The van der Waals surface area contributed by atoms with Crippen molar-refractivity contribution in [2.75, 3.05) is 52.9 Å². The van der Waals surface area contributed by atoms with Crippen LogP contribution in [-0.4, -0.2) is 79.4 Å². The van der Waals surface area contributed by atoms with Gasteiger partial charge in [0.2, 0.25) is 11.8 Å². The number of hydrogen-bond acceptors (Lipinski definition) is 4. The molecule has 1 aromatic carbocycles. The predicted octanol–water partition coefficient (Wildman–Crippen LogP) is 2.03. The van der Waals surface area contributed by atoms with E-state index in [-0.39, 0.29) is 11.8 Å². The van der Waals surface area contributed by atoms with Gasteiger partial charge >= 0.3 is 0 Å². The zero-order chi connectivity index (χ0) is 20.1. The van der Waals surface area contributed by atoms with Gasteiger partial charge in [-0.15, -0.1) is 0 Å². The second-order valence-corrected chi connectivity index (χ2v) is 8.17. The number of ether oxygens (including phenoxy) is 1. The molecule has 0 spiro atoms. The van der Waals surface area contributed by atoms with Gasteiger partial charge in [0.05, 0.1) is 12.5 Å². The Morgan fingerprint density at radius 2 is 1.82 bits per heavy atom. The molecule has 0 atom stereocenters. The van der Waals surface area contributed by atoms with Crippen molar-refractivity contribution < 1.29 is 14.3 Å². The van der Waals surface area contributed by atoms with E-state index in [9.17, 15) is 9.59 Å². The molecular weight excluding hydrogens is 354 g/mol. The summed E-state index contributed by atoms with van der Waals surface area (Å²) < 4.78 is 5.34. The maximum Gasteiger partial charge on any atom is 0.232 e. The standard InChI is InChI=1S/C22H33N3O3/c1-4-5-9-23-10-12-24(13-11-23)21(27)22(16-25(17-22)18(2)26)15-19-7-6-8-20(14-19)28-3/h6-8,14H,4-5,9-13,15-17H2,1-3H3. The van der Waals surface area contributed by atoms with Crippen LogP contribution in [0.3, 0.4) is 0 Å². The Bertz CT molecular complexity index is 692. The minimum absolute atomic E-state index is 0.0402. The van der Waals surface area contributed by atoms with Gasteiger partial charge in [0.1, 0.15) is 5.75 Å². The van der Waals surface area contributed by atoms with Gasteiger partial charge in [-0.3, -0.25) is 14.5 Å². The molecule has 0 radical (unpaired) electrons. The van der Waals surface area contributed by atoms with Crippen molar-refractivity contribution in [2.24, 2.45) is 5.41 Å². The van der Waals surface area contributed by atoms with Crippen molar-refractivity contribution in [3.05, 3.63) is 29.8 Å². The molecule has 6 nitrogen and oxygen atoms in total. The fraction of sp³-hybridized carbons (Fsp3) is 0.636. The molecule has 2 saturated heterocycles. The minimum atomic E-state index is -0.510. The molecule has 0 saturated carbocycles. The van der Waals surface area contributed by atoms with Crippen LogP contribution in [-0.2, 0) is 16.0 Å². The number of unbranched alkanes of at least 4 members (excludes halogenated alkanes) is 1. The number of piperazine rings is 1. The molecule has 0 aromatic heterocycles. The van der Waals surface area contributed by atoms with Crippen LogP contribution < -0.4 is 4.74 Å². The van der Waals surface area contributed by atoms with Gasteiger partial charge in [-0.05, 0) is 37.1 Å². The van der Waals surface area contributed by atoms with Gasteiger partial charge in [0, 0.05) is 46.2 Å². The van der Waals surface area contributed by atoms with Gasteiger partial charge in [-0.2, -0.15) is 0 Å². The lowest BCUT2D eigenvalue weighted by Crippen LogP contribution is -2.67. The van der Waals surface area contributed by atoms with Gasteiger partial charge < -0.3 is 14.5 Å². The Labute approximate surface area is 168 Å². The zero-order valence-electron chi connectivity index (χ0n) is 17.4. The molecule has 0 aliphatic carbocycles. The van der Waals surface area contributed by atoms with Crippen molar-refractivity contribution in [1.82, 2.24) is 14.7 Å². The van der Waals surface area contributed by atoms with Crippen molar-refractivity contribution in [2.45, 2.75) is 33.1 Å². The number of likely N-dealkylation sites (tertiary alicyclic amines) is 1. The zero-order valence-corrected chi connectivity index (χ0v) is 17.4. The largest absolute Gasteiger partial charge is 0.497 e. The summed E-state index contributed by atoms with van der Waals surface area (Å²) in [6.45, 7) is 9.36. The molecular formula is C22H33N3O3. The summed E-state index contributed by atoms with van der Waals surface area (Å²) in [5.74, 6) is 1.04. The van der Waals surface area contributed by atoms with Crippen molar-refractivity contribution in [3.63, 3.8) is 0 Å². The normalized spacial score (nSPS) is 19.2. The number of rotatable bonds is 7. The quantitative estimate of drug-likeness (QED) is 0.718. The Morgan fingerprint density at radius 1 is 1.11 bits per heavy atom. The molecule has 6 heteroatoms. The smallest absolute Gasteiger partial charge is 0.232 e. The first-order valence-electron chi connectivity index (χ1n) is 10.4. The van der Waals surface area contributed by atoms with E-state index >= 15 is 0 Å². The molecule has 2 aliphatic heterocycles. The SMILES string of the molecule is CCCCN1CCN(C(=O)C2(Cc3cccc(OC)c3)CN(C(C)=O)C2)CC1. The average molecular weight is 388 g/mol. The molecule has 2 aliphatic rings. The van der Waals surface area contributed by atoms with Crippen LogP contribution in [0, 0.1) is 5.41 Å². The first kappa shape index (κ1) is 20.6. The summed E-state index contributed by atoms with van der Waals surface area (Å²) in [7, 11) is 1.65. The van der Waals surface area contributed by atoms with Crippen LogP contribution in [0.4, 0.5) is 0 Å². The summed E-state index contributed by atoms with van der Waals surface area (Å²) in [6, 6.07) is 7.90. The van der Waals surface area contributed by atoms with E-state index in [0.717, 1.165) is 44.0 Å². The van der Waals surface area contributed by atoms with Crippen LogP contribution in [0.5, 0.6) is 5.75 Å². The number of hydrogen-bond donors (Lipinski definition) is 0.